The number of thioether (sulfide) groups is 1. The Morgan fingerprint density at radius 1 is 1.28 bits per heavy atom. The van der Waals surface area contributed by atoms with E-state index in [1.54, 1.807) is 11.8 Å². The highest BCUT2D eigenvalue weighted by atomic mass is 32.2. The minimum atomic E-state index is -0.464. The first-order valence-electron chi connectivity index (χ1n) is 10.5. The van der Waals surface area contributed by atoms with Crippen LogP contribution in [-0.2, 0) is 4.74 Å². The molecular formula is C21H37N5O2S. The number of carbonyl (C=O) groups is 1. The van der Waals surface area contributed by atoms with Crippen LogP contribution in [0, 0.1) is 5.92 Å². The van der Waals surface area contributed by atoms with Crippen molar-refractivity contribution in [3.8, 4) is 0 Å². The maximum Gasteiger partial charge on any atom is 0.407 e. The minimum absolute atomic E-state index is 0.0238. The molecule has 1 unspecified atom stereocenters. The van der Waals surface area contributed by atoms with Crippen molar-refractivity contribution in [1.29, 1.82) is 0 Å². The van der Waals surface area contributed by atoms with Crippen LogP contribution in [0.15, 0.2) is 17.3 Å². The van der Waals surface area contributed by atoms with Gasteiger partial charge < -0.3 is 15.4 Å². The molecule has 1 aromatic heterocycles. The fourth-order valence-electron chi connectivity index (χ4n) is 3.56. The lowest BCUT2D eigenvalue weighted by atomic mass is 9.86. The van der Waals surface area contributed by atoms with Crippen LogP contribution in [0.2, 0.25) is 0 Å². The molecule has 1 fully saturated rings. The molecule has 0 bridgehead atoms. The number of nitrogens with zero attached hydrogens (tertiary/aromatic N) is 3. The van der Waals surface area contributed by atoms with Crippen LogP contribution >= 0.6 is 11.8 Å². The maximum atomic E-state index is 12.0. The standard InChI is InChI=1S/C21H37N5O2S/c1-14(2)26-18(12-13-22-26)23-15(3)24-19(29-7)16-8-10-17(11-9-16)25-20(27)28-21(4,5)6/h12-17,23H,8-11H2,1-7H3,(H,25,27)/b24-19-. The second-order valence-electron chi connectivity index (χ2n) is 8.94. The summed E-state index contributed by atoms with van der Waals surface area (Å²) in [6.07, 6.45) is 7.51. The molecule has 0 saturated heterocycles. The van der Waals surface area contributed by atoms with Crippen molar-refractivity contribution < 1.29 is 9.53 Å². The van der Waals surface area contributed by atoms with Crippen molar-refractivity contribution in [2.75, 3.05) is 11.6 Å². The van der Waals surface area contributed by atoms with Crippen molar-refractivity contribution in [1.82, 2.24) is 15.1 Å². The molecule has 2 N–H and O–H groups in total. The van der Waals surface area contributed by atoms with Crippen molar-refractivity contribution in [3.05, 3.63) is 12.3 Å². The van der Waals surface area contributed by atoms with Crippen LogP contribution in [0.5, 0.6) is 0 Å². The van der Waals surface area contributed by atoms with Crippen molar-refractivity contribution in [2.45, 2.75) is 91.1 Å². The Bertz CT molecular complexity index is 687. The summed E-state index contributed by atoms with van der Waals surface area (Å²) < 4.78 is 7.34. The fraction of sp³-hybridized carbons (Fsp3) is 0.762. The monoisotopic (exact) mass is 423 g/mol. The van der Waals surface area contributed by atoms with E-state index in [0.29, 0.717) is 12.0 Å². The number of nitrogens with one attached hydrogen (secondary N) is 2. The summed E-state index contributed by atoms with van der Waals surface area (Å²) in [7, 11) is 0. The number of ether oxygens (including phenoxy) is 1. The molecule has 0 radical (unpaired) electrons. The van der Waals surface area contributed by atoms with Crippen LogP contribution in [-0.4, -0.2) is 45.0 Å². The highest BCUT2D eigenvalue weighted by Gasteiger charge is 2.27. The zero-order chi connectivity index (χ0) is 21.6. The van der Waals surface area contributed by atoms with Gasteiger partial charge in [-0.25, -0.2) is 9.48 Å². The third-order valence-electron chi connectivity index (χ3n) is 4.84. The quantitative estimate of drug-likeness (QED) is 0.493. The maximum absolute atomic E-state index is 12.0. The van der Waals surface area contributed by atoms with Gasteiger partial charge in [0, 0.05) is 24.1 Å². The van der Waals surface area contributed by atoms with E-state index < -0.39 is 5.60 Å². The molecular weight excluding hydrogens is 386 g/mol. The molecule has 7 nitrogen and oxygen atoms in total. The number of hydrogen-bond donors (Lipinski definition) is 2. The summed E-state index contributed by atoms with van der Waals surface area (Å²) in [6, 6.07) is 2.47. The highest BCUT2D eigenvalue weighted by Crippen LogP contribution is 2.29. The summed E-state index contributed by atoms with van der Waals surface area (Å²) in [6.45, 7) is 12.0. The number of rotatable bonds is 6. The van der Waals surface area contributed by atoms with Gasteiger partial charge in [0.2, 0.25) is 0 Å². The Morgan fingerprint density at radius 2 is 1.93 bits per heavy atom. The normalized spacial score (nSPS) is 21.7. The second kappa shape index (κ2) is 10.4. The third kappa shape index (κ3) is 7.57. The molecule has 2 rings (SSSR count). The fourth-order valence-corrected chi connectivity index (χ4v) is 4.39. The van der Waals surface area contributed by atoms with E-state index in [9.17, 15) is 4.79 Å². The summed E-state index contributed by atoms with van der Waals surface area (Å²) in [5.41, 5.74) is -0.464. The molecule has 1 atom stereocenters. The van der Waals surface area contributed by atoms with Gasteiger partial charge in [-0.05, 0) is 73.5 Å². The Kier molecular flexibility index (Phi) is 8.43. The number of carbonyl (C=O) groups excluding carboxylic acids is 1. The Hall–Kier alpha value is -1.70. The van der Waals surface area contributed by atoms with E-state index >= 15 is 0 Å². The zero-order valence-electron chi connectivity index (χ0n) is 18.9. The molecule has 0 aromatic carbocycles. The van der Waals surface area contributed by atoms with E-state index in [-0.39, 0.29) is 18.3 Å². The minimum Gasteiger partial charge on any atom is -0.444 e. The van der Waals surface area contributed by atoms with Gasteiger partial charge >= 0.3 is 6.09 Å². The van der Waals surface area contributed by atoms with Gasteiger partial charge in [0.05, 0.1) is 11.2 Å². The lowest BCUT2D eigenvalue weighted by Crippen LogP contribution is -2.41. The number of hydrogen-bond acceptors (Lipinski definition) is 6. The lowest BCUT2D eigenvalue weighted by Gasteiger charge is -2.30. The predicted molar refractivity (Wildman–Crippen MR) is 122 cm³/mol. The first-order valence-corrected chi connectivity index (χ1v) is 11.7. The Labute approximate surface area is 179 Å². The van der Waals surface area contributed by atoms with E-state index in [2.05, 4.69) is 42.8 Å². The number of aliphatic imine (C=N–C) groups is 1. The van der Waals surface area contributed by atoms with E-state index in [4.69, 9.17) is 9.73 Å². The molecule has 1 heterocycles. The molecule has 1 aliphatic carbocycles. The lowest BCUT2D eigenvalue weighted by molar-refractivity contribution is 0.0491. The predicted octanol–water partition coefficient (Wildman–Crippen LogP) is 5.07. The van der Waals surface area contributed by atoms with Gasteiger partial charge in [0.1, 0.15) is 17.6 Å². The first kappa shape index (κ1) is 23.6. The molecule has 164 valence electrons. The smallest absolute Gasteiger partial charge is 0.407 e. The third-order valence-corrected chi connectivity index (χ3v) is 5.70. The number of anilines is 1. The summed E-state index contributed by atoms with van der Waals surface area (Å²) in [5, 5.41) is 12.0. The molecule has 1 aromatic rings. The molecule has 1 saturated carbocycles. The van der Waals surface area contributed by atoms with Gasteiger partial charge in [-0.15, -0.1) is 11.8 Å². The number of aromatic nitrogens is 2. The Balaban J connectivity index is 1.89. The van der Waals surface area contributed by atoms with Crippen molar-refractivity contribution in [3.63, 3.8) is 0 Å². The van der Waals surface area contributed by atoms with Gasteiger partial charge in [-0.1, -0.05) is 0 Å². The average molecular weight is 424 g/mol. The van der Waals surface area contributed by atoms with Crippen LogP contribution in [0.4, 0.5) is 10.6 Å². The van der Waals surface area contributed by atoms with E-state index in [1.807, 2.05) is 37.7 Å². The second-order valence-corrected chi connectivity index (χ2v) is 9.77. The van der Waals surface area contributed by atoms with Gasteiger partial charge in [-0.2, -0.15) is 5.10 Å². The van der Waals surface area contributed by atoms with Gasteiger partial charge in [-0.3, -0.25) is 4.99 Å². The van der Waals surface area contributed by atoms with Crippen LogP contribution in [0.1, 0.15) is 73.3 Å². The molecule has 29 heavy (non-hydrogen) atoms. The first-order chi connectivity index (χ1) is 13.6. The molecule has 8 heteroatoms. The van der Waals surface area contributed by atoms with E-state index in [0.717, 1.165) is 31.5 Å². The summed E-state index contributed by atoms with van der Waals surface area (Å²) in [4.78, 5) is 16.9. The summed E-state index contributed by atoms with van der Waals surface area (Å²) >= 11 is 1.73. The number of alkyl carbamates (subject to hydrolysis) is 1. The average Bonchev–Trinajstić information content (AvgIpc) is 3.07. The SMILES string of the molecule is CS/C(=N\C(C)Nc1ccnn1C(C)C)C1CCC(NC(=O)OC(C)(C)C)CC1. The van der Waals surface area contributed by atoms with E-state index in [1.165, 1.54) is 5.04 Å². The largest absolute Gasteiger partial charge is 0.444 e. The molecule has 0 spiro atoms. The van der Waals surface area contributed by atoms with Crippen LogP contribution in [0.3, 0.4) is 0 Å². The zero-order valence-corrected chi connectivity index (χ0v) is 19.7. The summed E-state index contributed by atoms with van der Waals surface area (Å²) in [5.74, 6) is 1.43. The van der Waals surface area contributed by atoms with Crippen LogP contribution in [0.25, 0.3) is 0 Å². The van der Waals surface area contributed by atoms with Gasteiger partial charge in [0.15, 0.2) is 0 Å². The molecule has 1 aliphatic rings. The molecule has 0 aliphatic heterocycles. The van der Waals surface area contributed by atoms with Crippen molar-refractivity contribution >= 4 is 28.7 Å². The molecule has 1 amide bonds. The van der Waals surface area contributed by atoms with Crippen molar-refractivity contribution in [2.24, 2.45) is 10.9 Å². The highest BCUT2D eigenvalue weighted by molar-refractivity contribution is 8.13. The Morgan fingerprint density at radius 3 is 2.48 bits per heavy atom. The topological polar surface area (TPSA) is 80.5 Å². The number of amides is 1. The van der Waals surface area contributed by atoms with Crippen LogP contribution < -0.4 is 10.6 Å². The van der Waals surface area contributed by atoms with Gasteiger partial charge in [0.25, 0.3) is 0 Å².